The number of aliphatic hydroxyl groups is 2. The van der Waals surface area contributed by atoms with E-state index in [9.17, 15) is 10.2 Å². The van der Waals surface area contributed by atoms with Crippen molar-refractivity contribution in [3.63, 3.8) is 0 Å². The van der Waals surface area contributed by atoms with E-state index in [1.165, 1.54) is 44.6 Å². The third kappa shape index (κ3) is 11.7. The highest BCUT2D eigenvalue weighted by Gasteiger charge is 2.32. The fourth-order valence-electron chi connectivity index (χ4n) is 6.13. The molecular formula is C40H56O2. The molecule has 2 atom stereocenters. The van der Waals surface area contributed by atoms with Crippen molar-refractivity contribution in [2.45, 2.75) is 107 Å². The van der Waals surface area contributed by atoms with Gasteiger partial charge in [-0.25, -0.2) is 0 Å². The summed E-state index contributed by atoms with van der Waals surface area (Å²) in [6, 6.07) is 0. The van der Waals surface area contributed by atoms with Crippen LogP contribution in [0.25, 0.3) is 0 Å². The van der Waals surface area contributed by atoms with Crippen LogP contribution in [0.2, 0.25) is 0 Å². The maximum Gasteiger partial charge on any atom is 0.0585 e. The zero-order valence-electron chi connectivity index (χ0n) is 28.0. The van der Waals surface area contributed by atoms with E-state index in [0.29, 0.717) is 0 Å². The van der Waals surface area contributed by atoms with Gasteiger partial charge in [0, 0.05) is 0 Å². The minimum atomic E-state index is -0.227. The summed E-state index contributed by atoms with van der Waals surface area (Å²) >= 11 is 0. The summed E-state index contributed by atoms with van der Waals surface area (Å²) in [4.78, 5) is 0. The third-order valence-electron chi connectivity index (χ3n) is 8.24. The Balaban J connectivity index is 1.90. The van der Waals surface area contributed by atoms with E-state index in [-0.39, 0.29) is 23.0 Å². The van der Waals surface area contributed by atoms with Crippen molar-refractivity contribution < 1.29 is 10.2 Å². The maximum absolute atomic E-state index is 10.1. The van der Waals surface area contributed by atoms with Gasteiger partial charge in [-0.2, -0.15) is 0 Å². The highest BCUT2D eigenvalue weighted by molar-refractivity contribution is 5.39. The molecule has 0 heterocycles. The Morgan fingerprint density at radius 3 is 1.19 bits per heavy atom. The first-order valence-electron chi connectivity index (χ1n) is 15.5. The van der Waals surface area contributed by atoms with E-state index in [0.717, 1.165) is 25.7 Å². The summed E-state index contributed by atoms with van der Waals surface area (Å²) in [6.07, 6.45) is 32.6. The number of hydrogen-bond acceptors (Lipinski definition) is 2. The highest BCUT2D eigenvalue weighted by Crippen LogP contribution is 2.42. The average molecular weight is 569 g/mol. The van der Waals surface area contributed by atoms with Gasteiger partial charge in [0.25, 0.3) is 0 Å². The third-order valence-corrected chi connectivity index (χ3v) is 8.24. The van der Waals surface area contributed by atoms with Crippen molar-refractivity contribution in [3.05, 3.63) is 130 Å². The summed E-state index contributed by atoms with van der Waals surface area (Å²) in [6.45, 7) is 21.6. The van der Waals surface area contributed by atoms with Crippen LogP contribution in [0.3, 0.4) is 0 Å². The average Bonchev–Trinajstić information content (AvgIpc) is 2.84. The second kappa shape index (κ2) is 16.1. The summed E-state index contributed by atoms with van der Waals surface area (Å²) in [5.74, 6) is 0. The predicted molar refractivity (Wildman–Crippen MR) is 184 cm³/mol. The highest BCUT2D eigenvalue weighted by atomic mass is 16.3. The molecule has 0 radical (unpaired) electrons. The maximum atomic E-state index is 10.1. The second-order valence-corrected chi connectivity index (χ2v) is 13.7. The molecule has 2 aliphatic rings. The Morgan fingerprint density at radius 2 is 0.857 bits per heavy atom. The van der Waals surface area contributed by atoms with E-state index < -0.39 is 0 Å². The number of rotatable bonds is 10. The smallest absolute Gasteiger partial charge is 0.0585 e. The molecule has 0 spiro atoms. The van der Waals surface area contributed by atoms with E-state index in [1.54, 1.807) is 0 Å². The monoisotopic (exact) mass is 568 g/mol. The van der Waals surface area contributed by atoms with E-state index in [2.05, 4.69) is 154 Å². The Labute approximate surface area is 257 Å². The van der Waals surface area contributed by atoms with E-state index >= 15 is 0 Å². The SMILES string of the molecule is CC1=C(\C=C/C(C)=C/C=C\C(C)=C\C=C\C=C(C)\C=C/C=C(C)\C=C\C2=C(C)C[C@@H](O)CC2(C)C)C(C)(C)C[C@H](O)C1. The molecule has 0 bridgehead atoms. The molecule has 2 nitrogen and oxygen atoms in total. The Bertz CT molecular complexity index is 1190. The zero-order valence-corrected chi connectivity index (χ0v) is 28.0. The molecule has 0 saturated carbocycles. The molecule has 0 aromatic carbocycles. The van der Waals surface area contributed by atoms with Gasteiger partial charge in [0.15, 0.2) is 0 Å². The van der Waals surface area contributed by atoms with Crippen molar-refractivity contribution >= 4 is 0 Å². The van der Waals surface area contributed by atoms with Crippen LogP contribution in [-0.2, 0) is 0 Å². The Kier molecular flexibility index (Phi) is 13.5. The van der Waals surface area contributed by atoms with Gasteiger partial charge in [0.05, 0.1) is 12.2 Å². The van der Waals surface area contributed by atoms with E-state index in [1.807, 2.05) is 0 Å². The van der Waals surface area contributed by atoms with Crippen molar-refractivity contribution in [2.24, 2.45) is 10.8 Å². The van der Waals surface area contributed by atoms with Crippen molar-refractivity contribution in [1.82, 2.24) is 0 Å². The van der Waals surface area contributed by atoms with Crippen molar-refractivity contribution in [3.8, 4) is 0 Å². The number of hydrogen-bond donors (Lipinski definition) is 2. The fraction of sp³-hybridized carbons (Fsp3) is 0.450. The molecule has 2 N–H and O–H groups in total. The van der Waals surface area contributed by atoms with Gasteiger partial charge in [-0.05, 0) is 89.2 Å². The molecule has 0 aliphatic heterocycles. The summed E-state index contributed by atoms with van der Waals surface area (Å²) < 4.78 is 0. The predicted octanol–water partition coefficient (Wildman–Crippen LogP) is 10.5. The molecule has 2 heteroatoms. The number of allylic oxidation sites excluding steroid dienone is 20. The fourth-order valence-corrected chi connectivity index (χ4v) is 6.13. The summed E-state index contributed by atoms with van der Waals surface area (Å²) in [5, 5.41) is 20.2. The molecule has 2 aliphatic carbocycles. The van der Waals surface area contributed by atoms with E-state index in [4.69, 9.17) is 0 Å². The number of aliphatic hydroxyl groups excluding tert-OH is 2. The topological polar surface area (TPSA) is 40.5 Å². The normalized spacial score (nSPS) is 25.0. The van der Waals surface area contributed by atoms with Gasteiger partial charge in [-0.1, -0.05) is 146 Å². The van der Waals surface area contributed by atoms with Crippen LogP contribution in [-0.4, -0.2) is 22.4 Å². The van der Waals surface area contributed by atoms with Crippen LogP contribution < -0.4 is 0 Å². The van der Waals surface area contributed by atoms with Gasteiger partial charge >= 0.3 is 0 Å². The Hall–Kier alpha value is -2.94. The van der Waals surface area contributed by atoms with Crippen molar-refractivity contribution in [1.29, 1.82) is 0 Å². The lowest BCUT2D eigenvalue weighted by molar-refractivity contribution is 0.116. The first kappa shape index (κ1) is 35.3. The van der Waals surface area contributed by atoms with Gasteiger partial charge < -0.3 is 10.2 Å². The lowest BCUT2D eigenvalue weighted by Gasteiger charge is -2.35. The molecule has 2 rings (SSSR count). The summed E-state index contributed by atoms with van der Waals surface area (Å²) in [5.41, 5.74) is 10.1. The first-order chi connectivity index (χ1) is 19.6. The van der Waals surface area contributed by atoms with Crippen LogP contribution in [0.1, 0.15) is 94.9 Å². The molecule has 42 heavy (non-hydrogen) atoms. The van der Waals surface area contributed by atoms with Crippen LogP contribution in [0.15, 0.2) is 130 Å². The van der Waals surface area contributed by atoms with Crippen LogP contribution in [0.4, 0.5) is 0 Å². The summed E-state index contributed by atoms with van der Waals surface area (Å²) in [7, 11) is 0. The molecular weight excluding hydrogens is 512 g/mol. The molecule has 0 amide bonds. The van der Waals surface area contributed by atoms with Gasteiger partial charge in [0.2, 0.25) is 0 Å². The minimum Gasteiger partial charge on any atom is -0.393 e. The molecule has 0 unspecified atom stereocenters. The van der Waals surface area contributed by atoms with Crippen LogP contribution >= 0.6 is 0 Å². The quantitative estimate of drug-likeness (QED) is 0.257. The molecule has 0 aromatic heterocycles. The van der Waals surface area contributed by atoms with Crippen LogP contribution in [0.5, 0.6) is 0 Å². The van der Waals surface area contributed by atoms with Crippen LogP contribution in [0, 0.1) is 10.8 Å². The molecule has 0 saturated heterocycles. The van der Waals surface area contributed by atoms with Gasteiger partial charge in [-0.15, -0.1) is 0 Å². The lowest BCUT2D eigenvalue weighted by Crippen LogP contribution is -2.28. The molecule has 228 valence electrons. The second-order valence-electron chi connectivity index (χ2n) is 13.7. The standard InChI is InChI=1S/C40H56O2/c1-29(17-13-19-31(3)21-23-37-33(5)25-35(41)27-39(37,7)8)15-11-12-16-30(2)18-14-20-32(4)22-24-38-34(6)26-36(42)28-40(38,9)10/h11-24,35-36,41-42H,25-28H2,1-10H3/b12-11+,17-13-,18-14-,23-21-,24-22+,29-15+,30-16+,31-19+,32-20-/t35-,36-/m1/s1. The zero-order chi connectivity index (χ0) is 31.5. The van der Waals surface area contributed by atoms with Gasteiger partial charge in [0.1, 0.15) is 0 Å². The van der Waals surface area contributed by atoms with Gasteiger partial charge in [-0.3, -0.25) is 0 Å². The largest absolute Gasteiger partial charge is 0.393 e. The minimum absolute atomic E-state index is 0.00547. The molecule has 0 aromatic rings. The molecule has 0 fully saturated rings. The lowest BCUT2D eigenvalue weighted by atomic mass is 9.71. The van der Waals surface area contributed by atoms with Crippen molar-refractivity contribution in [2.75, 3.05) is 0 Å². The first-order valence-corrected chi connectivity index (χ1v) is 15.5. The Morgan fingerprint density at radius 1 is 0.548 bits per heavy atom.